The Bertz CT molecular complexity index is 1500. The Morgan fingerprint density at radius 1 is 0.702 bits per heavy atom. The molecule has 2 aromatic heterocycles. The van der Waals surface area contributed by atoms with E-state index in [9.17, 15) is 25.2 Å². The quantitative estimate of drug-likeness (QED) is 0.0894. The number of ether oxygens (including phenoxy) is 2. The van der Waals surface area contributed by atoms with E-state index in [-0.39, 0.29) is 11.9 Å². The van der Waals surface area contributed by atoms with Gasteiger partial charge in [-0.15, -0.1) is 0 Å². The first kappa shape index (κ1) is 36.2. The predicted octanol–water partition coefficient (Wildman–Crippen LogP) is 5.81. The van der Waals surface area contributed by atoms with Crippen molar-refractivity contribution < 1.29 is 34.7 Å². The molecule has 2 heterocycles. The number of carbonyl (C=O) groups is 1. The van der Waals surface area contributed by atoms with Gasteiger partial charge in [0.15, 0.2) is 0 Å². The summed E-state index contributed by atoms with van der Waals surface area (Å²) in [6.07, 6.45) is 4.46. The van der Waals surface area contributed by atoms with E-state index in [0.717, 1.165) is 39.4 Å². The molecule has 4 aromatic rings. The lowest BCUT2D eigenvalue weighted by Crippen LogP contribution is -2.20. The summed E-state index contributed by atoms with van der Waals surface area (Å²) in [5, 5.41) is 38.3. The van der Waals surface area contributed by atoms with Crippen LogP contribution in [0.2, 0.25) is 0 Å². The van der Waals surface area contributed by atoms with E-state index in [1.807, 2.05) is 72.8 Å². The predicted molar refractivity (Wildman–Crippen MR) is 186 cm³/mol. The zero-order valence-electron chi connectivity index (χ0n) is 26.6. The highest BCUT2D eigenvalue weighted by atomic mass is 33.1. The molecule has 4 rings (SSSR count). The molecule has 250 valence electrons. The normalized spacial score (nSPS) is 13.8. The van der Waals surface area contributed by atoms with Crippen molar-refractivity contribution in [1.29, 1.82) is 0 Å². The number of hydrogen-bond acceptors (Lipinski definition) is 10. The molecule has 47 heavy (non-hydrogen) atoms. The summed E-state index contributed by atoms with van der Waals surface area (Å²) in [4.78, 5) is 20.8. The van der Waals surface area contributed by atoms with Gasteiger partial charge in [-0.25, -0.2) is 0 Å². The molecule has 0 spiro atoms. The first-order valence-electron chi connectivity index (χ1n) is 15.5. The Morgan fingerprint density at radius 2 is 1.17 bits per heavy atom. The van der Waals surface area contributed by atoms with E-state index < -0.39 is 23.4 Å². The highest BCUT2D eigenvalue weighted by Crippen LogP contribution is 2.35. The molecule has 0 bridgehead atoms. The fourth-order valence-corrected chi connectivity index (χ4v) is 7.23. The van der Waals surface area contributed by atoms with Crippen LogP contribution < -0.4 is 9.47 Å². The third-order valence-electron chi connectivity index (χ3n) is 7.43. The van der Waals surface area contributed by atoms with Gasteiger partial charge in [-0.3, -0.25) is 14.8 Å². The molecule has 0 aliphatic rings. The summed E-state index contributed by atoms with van der Waals surface area (Å²) in [5.74, 6) is 0.531. The zero-order chi connectivity index (χ0) is 33.6. The molecule has 4 atom stereocenters. The maximum absolute atomic E-state index is 12.1. The standard InChI is InChI=1S/C36H42N2O7S2/c1-24(40)28-7-9-30(37-21-28)15-17-44-32-11-3-26(4-12-32)19-34(23-39)46-47-35(36(42)43)20-27-5-13-33(14-6-27)45-18-16-31-10-8-29(22-38-31)25(2)41/h3-14,21-22,24-25,34-35,39-41H,15-20,23H2,1-2H3,(H,42,43). The molecular formula is C36H42N2O7S2. The first-order chi connectivity index (χ1) is 22.7. The minimum Gasteiger partial charge on any atom is -0.493 e. The lowest BCUT2D eigenvalue weighted by atomic mass is 10.1. The average Bonchev–Trinajstić information content (AvgIpc) is 3.07. The van der Waals surface area contributed by atoms with Crippen molar-refractivity contribution >= 4 is 27.6 Å². The van der Waals surface area contributed by atoms with Gasteiger partial charge in [-0.05, 0) is 85.3 Å². The molecule has 2 aromatic carbocycles. The topological polar surface area (TPSA) is 142 Å². The molecule has 0 aliphatic carbocycles. The number of pyridine rings is 2. The molecule has 0 aliphatic heterocycles. The summed E-state index contributed by atoms with van der Waals surface area (Å²) in [6.45, 7) is 4.25. The molecule has 4 N–H and O–H groups in total. The molecule has 0 amide bonds. The number of aromatic nitrogens is 2. The monoisotopic (exact) mass is 678 g/mol. The summed E-state index contributed by atoms with van der Waals surface area (Å²) < 4.78 is 11.7. The Balaban J connectivity index is 1.18. The van der Waals surface area contributed by atoms with E-state index in [1.165, 1.54) is 21.6 Å². The Labute approximate surface area is 283 Å². The molecule has 9 nitrogen and oxygen atoms in total. The van der Waals surface area contributed by atoms with Crippen LogP contribution in [0.5, 0.6) is 11.5 Å². The highest BCUT2D eigenvalue weighted by molar-refractivity contribution is 8.77. The summed E-state index contributed by atoms with van der Waals surface area (Å²) in [7, 11) is 2.66. The van der Waals surface area contributed by atoms with Gasteiger partial charge in [0, 0.05) is 41.9 Å². The van der Waals surface area contributed by atoms with E-state index in [4.69, 9.17) is 9.47 Å². The van der Waals surface area contributed by atoms with Gasteiger partial charge in [0.05, 0.1) is 32.0 Å². The molecule has 0 saturated heterocycles. The second kappa shape index (κ2) is 18.7. The molecule has 0 radical (unpaired) electrons. The van der Waals surface area contributed by atoms with Crippen LogP contribution in [-0.2, 0) is 30.5 Å². The second-order valence-electron chi connectivity index (χ2n) is 11.2. The third kappa shape index (κ3) is 12.2. The minimum atomic E-state index is -0.899. The van der Waals surface area contributed by atoms with E-state index >= 15 is 0 Å². The second-order valence-corrected chi connectivity index (χ2v) is 14.0. The number of aliphatic hydroxyl groups is 3. The van der Waals surface area contributed by atoms with Crippen LogP contribution >= 0.6 is 21.6 Å². The van der Waals surface area contributed by atoms with Crippen LogP contribution in [0.15, 0.2) is 85.2 Å². The number of benzene rings is 2. The van der Waals surface area contributed by atoms with Crippen molar-refractivity contribution in [3.05, 3.63) is 119 Å². The number of nitrogens with zero attached hydrogens (tertiary/aromatic N) is 2. The maximum atomic E-state index is 12.1. The van der Waals surface area contributed by atoms with Gasteiger partial charge in [0.1, 0.15) is 16.7 Å². The van der Waals surface area contributed by atoms with Crippen LogP contribution in [0, 0.1) is 0 Å². The summed E-state index contributed by atoms with van der Waals surface area (Å²) >= 11 is 0. The third-order valence-corrected chi connectivity index (χ3v) is 10.6. The molecule has 0 fully saturated rings. The number of aliphatic carboxylic acids is 1. The number of carboxylic acid groups (broad SMARTS) is 1. The number of hydrogen-bond donors (Lipinski definition) is 4. The van der Waals surface area contributed by atoms with Gasteiger partial charge < -0.3 is 29.9 Å². The molecule has 0 saturated carbocycles. The highest BCUT2D eigenvalue weighted by Gasteiger charge is 2.22. The van der Waals surface area contributed by atoms with Crippen LogP contribution in [0.25, 0.3) is 0 Å². The first-order valence-corrected chi connectivity index (χ1v) is 17.8. The fraction of sp³-hybridized carbons (Fsp3) is 0.361. The number of carboxylic acids is 1. The molecule has 11 heteroatoms. The van der Waals surface area contributed by atoms with Crippen molar-refractivity contribution in [2.24, 2.45) is 0 Å². The van der Waals surface area contributed by atoms with Crippen LogP contribution in [0.4, 0.5) is 0 Å². The Hall–Kier alpha value is -3.61. The van der Waals surface area contributed by atoms with Crippen LogP contribution in [0.1, 0.15) is 59.7 Å². The van der Waals surface area contributed by atoms with E-state index in [2.05, 4.69) is 9.97 Å². The van der Waals surface area contributed by atoms with E-state index in [0.29, 0.717) is 44.6 Å². The van der Waals surface area contributed by atoms with Gasteiger partial charge >= 0.3 is 5.97 Å². The van der Waals surface area contributed by atoms with Crippen molar-refractivity contribution in [2.75, 3.05) is 19.8 Å². The average molecular weight is 679 g/mol. The van der Waals surface area contributed by atoms with Gasteiger partial charge in [0.2, 0.25) is 0 Å². The lowest BCUT2D eigenvalue weighted by molar-refractivity contribution is -0.136. The Kier molecular flexibility index (Phi) is 14.4. The maximum Gasteiger partial charge on any atom is 0.317 e. The van der Waals surface area contributed by atoms with Crippen molar-refractivity contribution in [3.63, 3.8) is 0 Å². The Morgan fingerprint density at radius 3 is 1.55 bits per heavy atom. The van der Waals surface area contributed by atoms with Gasteiger partial charge in [-0.2, -0.15) is 0 Å². The van der Waals surface area contributed by atoms with E-state index in [1.54, 1.807) is 26.2 Å². The molecular weight excluding hydrogens is 637 g/mol. The zero-order valence-corrected chi connectivity index (χ0v) is 28.2. The van der Waals surface area contributed by atoms with Crippen molar-refractivity contribution in [2.45, 2.75) is 62.2 Å². The fourth-order valence-electron chi connectivity index (χ4n) is 4.57. The minimum absolute atomic E-state index is 0.0740. The SMILES string of the molecule is CC(O)c1ccc(CCOc2ccc(CC(CO)SSC(Cc3ccc(OCCc4ccc(C(C)O)cn4)cc3)C(=O)O)cc2)nc1. The number of rotatable bonds is 19. The number of aliphatic hydroxyl groups excluding tert-OH is 3. The van der Waals surface area contributed by atoms with Crippen molar-refractivity contribution in [3.8, 4) is 11.5 Å². The van der Waals surface area contributed by atoms with Crippen LogP contribution in [-0.4, -0.2) is 66.7 Å². The van der Waals surface area contributed by atoms with Gasteiger partial charge in [0.25, 0.3) is 0 Å². The lowest BCUT2D eigenvalue weighted by Gasteiger charge is -2.17. The van der Waals surface area contributed by atoms with Crippen LogP contribution in [0.3, 0.4) is 0 Å². The largest absolute Gasteiger partial charge is 0.493 e. The smallest absolute Gasteiger partial charge is 0.317 e. The summed E-state index contributed by atoms with van der Waals surface area (Å²) in [6, 6.07) is 22.6. The molecule has 4 unspecified atom stereocenters. The summed E-state index contributed by atoms with van der Waals surface area (Å²) in [5.41, 5.74) is 5.22. The van der Waals surface area contributed by atoms with Crippen molar-refractivity contribution in [1.82, 2.24) is 9.97 Å². The van der Waals surface area contributed by atoms with Gasteiger partial charge in [-0.1, -0.05) is 58.0 Å².